The van der Waals surface area contributed by atoms with Crippen LogP contribution in [0.25, 0.3) is 0 Å². The van der Waals surface area contributed by atoms with Crippen molar-refractivity contribution in [3.05, 3.63) is 17.5 Å². The molecule has 0 fully saturated rings. The zero-order valence-electron chi connectivity index (χ0n) is 11.5. The van der Waals surface area contributed by atoms with Crippen molar-refractivity contribution in [3.63, 3.8) is 0 Å². The Hall–Kier alpha value is -1.16. The van der Waals surface area contributed by atoms with Gasteiger partial charge in [0.2, 0.25) is 5.95 Å². The number of aryl methyl sites for hydroxylation is 1. The Balaban J connectivity index is 2.62. The van der Waals surface area contributed by atoms with Crippen molar-refractivity contribution in [1.29, 1.82) is 0 Å². The van der Waals surface area contributed by atoms with Crippen molar-refractivity contribution < 1.29 is 0 Å². The second-order valence-corrected chi connectivity index (χ2v) is 4.44. The molecule has 0 aliphatic rings. The Labute approximate surface area is 104 Å². The van der Waals surface area contributed by atoms with Gasteiger partial charge in [-0.05, 0) is 20.4 Å². The molecule has 0 atom stereocenters. The summed E-state index contributed by atoms with van der Waals surface area (Å²) in [5.74, 6) is 0.832. The summed E-state index contributed by atoms with van der Waals surface area (Å²) in [5.41, 5.74) is 2.23. The van der Waals surface area contributed by atoms with Gasteiger partial charge in [-0.15, -0.1) is 0 Å². The van der Waals surface area contributed by atoms with E-state index >= 15 is 0 Å². The van der Waals surface area contributed by atoms with Gasteiger partial charge in [-0.1, -0.05) is 19.8 Å². The molecule has 1 aromatic rings. The van der Waals surface area contributed by atoms with E-state index in [1.807, 2.05) is 20.2 Å². The lowest BCUT2D eigenvalue weighted by molar-refractivity contribution is 0.693. The molecule has 1 aromatic heterocycles. The number of unbranched alkanes of at least 4 members (excludes halogenated alkanes) is 2. The van der Waals surface area contributed by atoms with Crippen LogP contribution in [-0.2, 0) is 6.54 Å². The predicted octanol–water partition coefficient (Wildman–Crippen LogP) is 2.13. The normalized spacial score (nSPS) is 10.6. The summed E-state index contributed by atoms with van der Waals surface area (Å²) in [6.07, 6.45) is 5.63. The van der Waals surface area contributed by atoms with E-state index in [0.29, 0.717) is 0 Å². The van der Waals surface area contributed by atoms with E-state index in [9.17, 15) is 0 Å². The molecule has 0 aromatic carbocycles. The van der Waals surface area contributed by atoms with Gasteiger partial charge in [-0.25, -0.2) is 9.97 Å². The second-order valence-electron chi connectivity index (χ2n) is 4.44. The van der Waals surface area contributed by atoms with Crippen molar-refractivity contribution in [3.8, 4) is 0 Å². The Kier molecular flexibility index (Phi) is 5.91. The van der Waals surface area contributed by atoms with E-state index in [1.54, 1.807) is 0 Å². The number of hydrogen-bond acceptors (Lipinski definition) is 4. The first-order chi connectivity index (χ1) is 8.19. The molecule has 0 unspecified atom stereocenters. The van der Waals surface area contributed by atoms with E-state index in [4.69, 9.17) is 0 Å². The van der Waals surface area contributed by atoms with Gasteiger partial charge >= 0.3 is 0 Å². The van der Waals surface area contributed by atoms with Gasteiger partial charge in [0.15, 0.2) is 0 Å². The number of aromatic nitrogens is 2. The highest BCUT2D eigenvalue weighted by molar-refractivity contribution is 5.31. The molecule has 0 spiro atoms. The molecule has 0 aliphatic heterocycles. The molecule has 17 heavy (non-hydrogen) atoms. The van der Waals surface area contributed by atoms with Crippen LogP contribution in [0.4, 0.5) is 5.95 Å². The standard InChI is InChI=1S/C13H24N4/c1-5-6-7-8-17(4)13-15-10-12(9-14-3)11(2)16-13/h10,14H,5-9H2,1-4H3. The first-order valence-corrected chi connectivity index (χ1v) is 6.37. The number of anilines is 1. The van der Waals surface area contributed by atoms with E-state index in [-0.39, 0.29) is 0 Å². The minimum absolute atomic E-state index is 0.825. The summed E-state index contributed by atoms with van der Waals surface area (Å²) in [4.78, 5) is 11.1. The van der Waals surface area contributed by atoms with Crippen LogP contribution >= 0.6 is 0 Å². The van der Waals surface area contributed by atoms with Crippen LogP contribution in [0, 0.1) is 6.92 Å². The van der Waals surface area contributed by atoms with Crippen LogP contribution < -0.4 is 10.2 Å². The van der Waals surface area contributed by atoms with Gasteiger partial charge in [0.1, 0.15) is 0 Å². The van der Waals surface area contributed by atoms with E-state index < -0.39 is 0 Å². The molecule has 4 nitrogen and oxygen atoms in total. The van der Waals surface area contributed by atoms with Gasteiger partial charge in [-0.2, -0.15) is 0 Å². The highest BCUT2D eigenvalue weighted by Gasteiger charge is 2.06. The summed E-state index contributed by atoms with van der Waals surface area (Å²) in [5, 5.41) is 3.12. The van der Waals surface area contributed by atoms with Gasteiger partial charge in [-0.3, -0.25) is 0 Å². The summed E-state index contributed by atoms with van der Waals surface area (Å²) >= 11 is 0. The van der Waals surface area contributed by atoms with Crippen LogP contribution in [0.5, 0.6) is 0 Å². The van der Waals surface area contributed by atoms with E-state index in [2.05, 4.69) is 34.2 Å². The molecule has 0 amide bonds. The maximum Gasteiger partial charge on any atom is 0.225 e. The van der Waals surface area contributed by atoms with Gasteiger partial charge in [0.05, 0.1) is 0 Å². The largest absolute Gasteiger partial charge is 0.344 e. The second kappa shape index (κ2) is 7.22. The highest BCUT2D eigenvalue weighted by Crippen LogP contribution is 2.10. The molecule has 0 saturated heterocycles. The first-order valence-electron chi connectivity index (χ1n) is 6.37. The smallest absolute Gasteiger partial charge is 0.225 e. The molecule has 4 heteroatoms. The average Bonchev–Trinajstić information content (AvgIpc) is 2.32. The van der Waals surface area contributed by atoms with Crippen LogP contribution in [0.3, 0.4) is 0 Å². The fourth-order valence-electron chi connectivity index (χ4n) is 1.73. The Bertz CT molecular complexity index is 338. The van der Waals surface area contributed by atoms with Crippen LogP contribution in [0.15, 0.2) is 6.20 Å². The highest BCUT2D eigenvalue weighted by atomic mass is 15.2. The third-order valence-electron chi connectivity index (χ3n) is 2.87. The molecule has 0 saturated carbocycles. The predicted molar refractivity (Wildman–Crippen MR) is 72.3 cm³/mol. The van der Waals surface area contributed by atoms with Gasteiger partial charge in [0.25, 0.3) is 0 Å². The molecule has 0 aliphatic carbocycles. The minimum Gasteiger partial charge on any atom is -0.344 e. The molecule has 0 bridgehead atoms. The average molecular weight is 236 g/mol. The lowest BCUT2D eigenvalue weighted by Crippen LogP contribution is -2.22. The minimum atomic E-state index is 0.825. The molecule has 1 heterocycles. The third-order valence-corrected chi connectivity index (χ3v) is 2.87. The fourth-order valence-corrected chi connectivity index (χ4v) is 1.73. The van der Waals surface area contributed by atoms with Crippen LogP contribution in [0.2, 0.25) is 0 Å². The quantitative estimate of drug-likeness (QED) is 0.736. The summed E-state index contributed by atoms with van der Waals surface area (Å²) < 4.78 is 0. The Morgan fingerprint density at radius 2 is 2.12 bits per heavy atom. The third kappa shape index (κ3) is 4.30. The van der Waals surface area contributed by atoms with Crippen molar-refractivity contribution in [2.45, 2.75) is 39.7 Å². The van der Waals surface area contributed by atoms with Gasteiger partial charge in [0, 0.05) is 37.6 Å². The molecular weight excluding hydrogens is 212 g/mol. The Morgan fingerprint density at radius 1 is 1.35 bits per heavy atom. The first kappa shape index (κ1) is 13.9. The zero-order valence-corrected chi connectivity index (χ0v) is 11.5. The van der Waals surface area contributed by atoms with Crippen molar-refractivity contribution >= 4 is 5.95 Å². The summed E-state index contributed by atoms with van der Waals surface area (Å²) in [6, 6.07) is 0. The Morgan fingerprint density at radius 3 is 2.71 bits per heavy atom. The number of rotatable bonds is 7. The number of hydrogen-bond donors (Lipinski definition) is 1. The van der Waals surface area contributed by atoms with Gasteiger partial charge < -0.3 is 10.2 Å². The molecule has 1 rings (SSSR count). The fraction of sp³-hybridized carbons (Fsp3) is 0.692. The number of nitrogens with zero attached hydrogens (tertiary/aromatic N) is 3. The molecule has 0 radical (unpaired) electrons. The molecular formula is C13H24N4. The summed E-state index contributed by atoms with van der Waals surface area (Å²) in [7, 11) is 3.99. The van der Waals surface area contributed by atoms with E-state index in [1.165, 1.54) is 24.8 Å². The maximum absolute atomic E-state index is 4.55. The monoisotopic (exact) mass is 236 g/mol. The maximum atomic E-state index is 4.55. The van der Waals surface area contributed by atoms with E-state index in [0.717, 1.165) is 24.7 Å². The summed E-state index contributed by atoms with van der Waals surface area (Å²) in [6.45, 7) is 6.11. The SMILES string of the molecule is CCCCCN(C)c1ncc(CNC)c(C)n1. The molecule has 1 N–H and O–H groups in total. The lowest BCUT2D eigenvalue weighted by Gasteiger charge is -2.17. The zero-order chi connectivity index (χ0) is 12.7. The lowest BCUT2D eigenvalue weighted by atomic mass is 10.2. The van der Waals surface area contributed by atoms with Crippen LogP contribution in [-0.4, -0.2) is 30.6 Å². The molecule has 96 valence electrons. The van der Waals surface area contributed by atoms with Crippen molar-refractivity contribution in [1.82, 2.24) is 15.3 Å². The number of nitrogens with one attached hydrogen (secondary N) is 1. The topological polar surface area (TPSA) is 41.1 Å². The van der Waals surface area contributed by atoms with Crippen molar-refractivity contribution in [2.24, 2.45) is 0 Å². The van der Waals surface area contributed by atoms with Crippen molar-refractivity contribution in [2.75, 3.05) is 25.5 Å². The van der Waals surface area contributed by atoms with Crippen LogP contribution in [0.1, 0.15) is 37.4 Å².